The topological polar surface area (TPSA) is 69.3 Å². The molecule has 74 heavy (non-hydrogen) atoms. The van der Waals surface area contributed by atoms with Crippen molar-refractivity contribution in [3.05, 3.63) is 211 Å². The fourth-order valence-corrected chi connectivity index (χ4v) is 10.2. The molecule has 0 N–H and O–H groups in total. The van der Waals surface area contributed by atoms with Gasteiger partial charge in [-0.3, -0.25) is 19.0 Å². The molecular weight excluding hydrogens is 1090 g/mol. The van der Waals surface area contributed by atoms with Crippen LogP contribution in [-0.4, -0.2) is 18.9 Å². The van der Waals surface area contributed by atoms with Gasteiger partial charge in [0.05, 0.1) is 33.4 Å². The van der Waals surface area contributed by atoms with E-state index in [1.807, 2.05) is 74.6 Å². The Morgan fingerprint density at radius 3 is 1.70 bits per heavy atom. The van der Waals surface area contributed by atoms with Crippen LogP contribution in [0.15, 0.2) is 149 Å². The Hall–Kier alpha value is -7.12. The zero-order valence-corrected chi connectivity index (χ0v) is 46.6. The maximum Gasteiger partial charge on any atom is 0.197 e. The number of para-hydroxylation sites is 2. The van der Waals surface area contributed by atoms with Crippen LogP contribution in [0.3, 0.4) is 0 Å². The molecule has 0 bridgehead atoms. The predicted molar refractivity (Wildman–Crippen MR) is 301 cm³/mol. The Balaban J connectivity index is 0.000000360. The van der Waals surface area contributed by atoms with E-state index in [0.29, 0.717) is 27.1 Å². The molecule has 0 aliphatic carbocycles. The molecule has 8 heteroatoms. The zero-order valence-electron chi connectivity index (χ0n) is 44.3. The minimum atomic E-state index is -0.275. The van der Waals surface area contributed by atoms with E-state index in [-0.39, 0.29) is 59.4 Å². The second-order valence-electron chi connectivity index (χ2n) is 22.3. The van der Waals surface area contributed by atoms with Crippen molar-refractivity contribution in [1.82, 2.24) is 18.9 Å². The first-order valence-corrected chi connectivity index (χ1v) is 25.3. The molecule has 11 rings (SSSR count). The monoisotopic (exact) mass is 1150 g/mol. The Kier molecular flexibility index (Phi) is 13.7. The van der Waals surface area contributed by atoms with Gasteiger partial charge in [0.15, 0.2) is 10.9 Å². The number of pyridine rings is 3. The Morgan fingerprint density at radius 2 is 1.19 bits per heavy atom. The van der Waals surface area contributed by atoms with Gasteiger partial charge in [0.1, 0.15) is 0 Å². The van der Waals surface area contributed by atoms with E-state index in [0.717, 1.165) is 78.2 Å². The number of benzene rings is 7. The molecule has 1 radical (unpaired) electrons. The number of halogens is 1. The maximum atomic E-state index is 15.0. The van der Waals surface area contributed by atoms with Gasteiger partial charge in [-0.15, -0.1) is 65.7 Å². The second kappa shape index (κ2) is 19.6. The summed E-state index contributed by atoms with van der Waals surface area (Å²) in [6.07, 6.45) is 1.82. The van der Waals surface area contributed by atoms with Gasteiger partial charge in [0.2, 0.25) is 0 Å². The van der Waals surface area contributed by atoms with E-state index in [4.69, 9.17) is 4.98 Å². The van der Waals surface area contributed by atoms with E-state index in [1.165, 1.54) is 28.8 Å². The third-order valence-corrected chi connectivity index (χ3v) is 14.4. The third-order valence-electron chi connectivity index (χ3n) is 14.4. The van der Waals surface area contributed by atoms with Crippen LogP contribution < -0.4 is 10.9 Å². The number of aromatic nitrogens is 4. The van der Waals surface area contributed by atoms with E-state index in [2.05, 4.69) is 156 Å². The van der Waals surface area contributed by atoms with Crippen molar-refractivity contribution in [2.24, 2.45) is 0 Å². The first kappa shape index (κ1) is 51.8. The number of imidazole rings is 1. The summed E-state index contributed by atoms with van der Waals surface area (Å²) in [5.41, 5.74) is 15.9. The van der Waals surface area contributed by atoms with Crippen LogP contribution in [0.4, 0.5) is 4.39 Å². The fourth-order valence-electron chi connectivity index (χ4n) is 10.2. The number of nitrogens with zero attached hydrogens (tertiary/aromatic N) is 4. The molecule has 4 aromatic heterocycles. The molecule has 0 amide bonds. The molecule has 0 aliphatic rings. The number of rotatable bonds is 6. The molecule has 4 heterocycles. The van der Waals surface area contributed by atoms with Crippen LogP contribution in [0.2, 0.25) is 0 Å². The van der Waals surface area contributed by atoms with Crippen molar-refractivity contribution >= 4 is 49.1 Å². The first-order valence-electron chi connectivity index (χ1n) is 25.3. The van der Waals surface area contributed by atoms with E-state index in [1.54, 1.807) is 6.07 Å². The standard InChI is InChI=1S/C53H50N3O2.C13H11FN.Ir/c1-30(2)36-18-14-19-37(31(3)4)46(36)56-48-38(20-15-21-43(48)54-51(56)32-16-12-11-13-17-32)33-26-41-47-42(27-33)50(58)40-25-23-35(53(8,9)10)29-45(40)55(47)44-28-34(52(5,6)7)22-24-39(44)49(41)57;1-9-7-13(15-8-10(9)2)11-3-5-12(14)6-4-11;/h11-16,18-31H,1-10H3;3,5-8H,1-2H3;/q2*-1;. The van der Waals surface area contributed by atoms with Crippen molar-refractivity contribution < 1.29 is 24.5 Å². The number of hydrogen-bond donors (Lipinski definition) is 0. The molecule has 0 spiro atoms. The maximum absolute atomic E-state index is 15.0. The van der Waals surface area contributed by atoms with Crippen LogP contribution in [-0.2, 0) is 30.9 Å². The van der Waals surface area contributed by atoms with Crippen molar-refractivity contribution in [2.45, 2.75) is 106 Å². The summed E-state index contributed by atoms with van der Waals surface area (Å²) in [4.78, 5) is 39.5. The molecule has 0 aliphatic heterocycles. The second-order valence-corrected chi connectivity index (χ2v) is 22.3. The minimum Gasteiger partial charge on any atom is -0.332 e. The summed E-state index contributed by atoms with van der Waals surface area (Å²) in [5, 5.41) is 2.30. The molecule has 6 nitrogen and oxygen atoms in total. The van der Waals surface area contributed by atoms with Crippen molar-refractivity contribution in [3.63, 3.8) is 0 Å². The van der Waals surface area contributed by atoms with Gasteiger partial charge in [0, 0.05) is 64.9 Å². The third kappa shape index (κ3) is 9.17. The van der Waals surface area contributed by atoms with Crippen molar-refractivity contribution in [1.29, 1.82) is 0 Å². The molecule has 0 saturated heterocycles. The predicted octanol–water partition coefficient (Wildman–Crippen LogP) is 16.2. The average Bonchev–Trinajstić information content (AvgIpc) is 3.76. The van der Waals surface area contributed by atoms with Gasteiger partial charge in [-0.05, 0) is 118 Å². The first-order chi connectivity index (χ1) is 34.7. The number of hydrogen-bond acceptors (Lipinski definition) is 4. The summed E-state index contributed by atoms with van der Waals surface area (Å²) in [6.45, 7) is 26.1. The molecule has 7 aromatic carbocycles. The quantitative estimate of drug-likeness (QED) is 0.0945. The summed E-state index contributed by atoms with van der Waals surface area (Å²) in [7, 11) is 0. The molecule has 0 unspecified atom stereocenters. The van der Waals surface area contributed by atoms with E-state index >= 15 is 0 Å². The number of fused-ring (bicyclic) bond motifs is 5. The molecule has 0 saturated carbocycles. The smallest absolute Gasteiger partial charge is 0.197 e. The van der Waals surface area contributed by atoms with E-state index < -0.39 is 0 Å². The molecule has 375 valence electrons. The van der Waals surface area contributed by atoms with Crippen LogP contribution in [0.1, 0.15) is 114 Å². The largest absolute Gasteiger partial charge is 0.332 e. The van der Waals surface area contributed by atoms with Crippen LogP contribution >= 0.6 is 0 Å². The molecule has 0 fully saturated rings. The van der Waals surface area contributed by atoms with Crippen molar-refractivity contribution in [3.8, 4) is 39.5 Å². The van der Waals surface area contributed by atoms with Gasteiger partial charge in [-0.2, -0.15) is 0 Å². The van der Waals surface area contributed by atoms with Crippen molar-refractivity contribution in [2.75, 3.05) is 0 Å². The zero-order chi connectivity index (χ0) is 51.8. The SMILES string of the molecule is CC(C)c1cccc(C(C)C)c1-n1c(-c2[c-]cccc2)nc2cccc(-c3cc4c(=O)c5ccc(C(C)(C)C)cc5n5c6cc(C(C)(C)C)ccc6c(=O)c(c3)c45)c21.Cc1cnc(-c2[c-]cc(F)cc2)cc1C.[Ir]. The molecule has 0 atom stereocenters. The van der Waals surface area contributed by atoms with Crippen LogP contribution in [0.25, 0.3) is 88.6 Å². The van der Waals surface area contributed by atoms with Gasteiger partial charge in [0.25, 0.3) is 0 Å². The molecule has 11 aromatic rings. The molecular formula is C66H61FIrN4O2-2. The van der Waals surface area contributed by atoms with Gasteiger partial charge >= 0.3 is 0 Å². The summed E-state index contributed by atoms with van der Waals surface area (Å²) in [5.74, 6) is 0.988. The van der Waals surface area contributed by atoms with Gasteiger partial charge in [-0.1, -0.05) is 123 Å². The Morgan fingerprint density at radius 1 is 0.595 bits per heavy atom. The van der Waals surface area contributed by atoms with Crippen LogP contribution in [0, 0.1) is 31.8 Å². The van der Waals surface area contributed by atoms with Crippen LogP contribution in [0.5, 0.6) is 0 Å². The average molecular weight is 1150 g/mol. The Labute approximate surface area is 446 Å². The van der Waals surface area contributed by atoms with Gasteiger partial charge < -0.3 is 14.0 Å². The summed E-state index contributed by atoms with van der Waals surface area (Å²) < 4.78 is 17.2. The normalized spacial score (nSPS) is 12.1. The van der Waals surface area contributed by atoms with E-state index in [9.17, 15) is 14.0 Å². The summed E-state index contributed by atoms with van der Waals surface area (Å²) in [6, 6.07) is 50.0. The summed E-state index contributed by atoms with van der Waals surface area (Å²) >= 11 is 0. The Bertz CT molecular complexity index is 3920. The van der Waals surface area contributed by atoms with Gasteiger partial charge in [-0.25, -0.2) is 0 Å². The fraction of sp³-hybridized carbons (Fsp3) is 0.242. The number of aryl methyl sites for hydroxylation is 2. The minimum absolute atomic E-state index is 0.